The average molecular weight is 429 g/mol. The van der Waals surface area contributed by atoms with E-state index < -0.39 is 0 Å². The third-order valence-corrected chi connectivity index (χ3v) is 5.70. The second-order valence-corrected chi connectivity index (χ2v) is 7.69. The molecule has 162 valence electrons. The number of carbonyl (C=O) groups excluding carboxylic acids is 1. The summed E-state index contributed by atoms with van der Waals surface area (Å²) in [5.41, 5.74) is 2.27. The lowest BCUT2D eigenvalue weighted by atomic mass is 10.1. The molecule has 0 atom stereocenters. The summed E-state index contributed by atoms with van der Waals surface area (Å²) in [7, 11) is 1.63. The Labute approximate surface area is 185 Å². The van der Waals surface area contributed by atoms with Crippen molar-refractivity contribution in [2.45, 2.75) is 6.54 Å². The number of nitrogens with zero attached hydrogens (tertiary/aromatic N) is 5. The van der Waals surface area contributed by atoms with Crippen LogP contribution in [0.1, 0.15) is 16.2 Å². The summed E-state index contributed by atoms with van der Waals surface area (Å²) in [6.07, 6.45) is 1.72. The lowest BCUT2D eigenvalue weighted by Crippen LogP contribution is -2.48. The number of carbonyl (C=O) groups is 1. The first-order valence-corrected chi connectivity index (χ1v) is 10.5. The topological polar surface area (TPSA) is 84.6 Å². The maximum absolute atomic E-state index is 13.1. The predicted octanol–water partition coefficient (Wildman–Crippen LogP) is 3.25. The summed E-state index contributed by atoms with van der Waals surface area (Å²) in [6.45, 7) is 3.32. The number of hydrogen-bond donors (Lipinski definition) is 0. The summed E-state index contributed by atoms with van der Waals surface area (Å²) >= 11 is 0. The molecule has 4 aromatic rings. The van der Waals surface area contributed by atoms with E-state index in [1.54, 1.807) is 13.3 Å². The average Bonchev–Trinajstić information content (AvgIpc) is 3.32. The summed E-state index contributed by atoms with van der Waals surface area (Å²) < 4.78 is 10.6. The van der Waals surface area contributed by atoms with Crippen LogP contribution in [0, 0.1) is 0 Å². The number of ether oxygens (including phenoxy) is 1. The number of methoxy groups -OCH3 is 1. The van der Waals surface area contributed by atoms with Crippen LogP contribution in [0.4, 0.5) is 0 Å². The van der Waals surface area contributed by atoms with Crippen LogP contribution in [0.2, 0.25) is 0 Å². The molecule has 1 aliphatic heterocycles. The smallest absolute Gasteiger partial charge is 0.256 e. The zero-order valence-electron chi connectivity index (χ0n) is 17.8. The Morgan fingerprint density at radius 1 is 1.03 bits per heavy atom. The number of rotatable bonds is 5. The van der Waals surface area contributed by atoms with Gasteiger partial charge in [-0.3, -0.25) is 14.7 Å². The molecule has 0 bridgehead atoms. The number of piperazine rings is 1. The van der Waals surface area contributed by atoms with Gasteiger partial charge in [0.05, 0.1) is 24.7 Å². The van der Waals surface area contributed by atoms with Crippen molar-refractivity contribution in [2.24, 2.45) is 0 Å². The molecular weight excluding hydrogens is 406 g/mol. The SMILES string of the molecule is COc1ccc(-c2noc(CN3CCN(C(=O)c4cccc5cccnc45)CC3)n2)cc1. The molecule has 0 radical (unpaired) electrons. The fourth-order valence-corrected chi connectivity index (χ4v) is 3.92. The molecule has 0 spiro atoms. The fraction of sp³-hybridized carbons (Fsp3) is 0.250. The van der Waals surface area contributed by atoms with E-state index in [9.17, 15) is 4.79 Å². The molecule has 2 aromatic carbocycles. The summed E-state index contributed by atoms with van der Waals surface area (Å²) in [4.78, 5) is 26.1. The number of hydrogen-bond acceptors (Lipinski definition) is 7. The lowest BCUT2D eigenvalue weighted by molar-refractivity contribution is 0.0617. The van der Waals surface area contributed by atoms with E-state index in [0.717, 1.165) is 35.3 Å². The number of benzene rings is 2. The van der Waals surface area contributed by atoms with Gasteiger partial charge in [0.15, 0.2) is 0 Å². The number of para-hydroxylation sites is 1. The van der Waals surface area contributed by atoms with Crippen LogP contribution in [0.15, 0.2) is 65.3 Å². The Bertz CT molecular complexity index is 1220. The van der Waals surface area contributed by atoms with Crippen LogP contribution in [0.25, 0.3) is 22.3 Å². The molecule has 5 rings (SSSR count). The Hall–Kier alpha value is -3.78. The van der Waals surface area contributed by atoms with Crippen molar-refractivity contribution >= 4 is 16.8 Å². The number of aromatic nitrogens is 3. The highest BCUT2D eigenvalue weighted by atomic mass is 16.5. The van der Waals surface area contributed by atoms with E-state index in [1.807, 2.05) is 59.5 Å². The maximum atomic E-state index is 13.1. The van der Waals surface area contributed by atoms with Gasteiger partial charge >= 0.3 is 0 Å². The molecule has 1 saturated heterocycles. The Morgan fingerprint density at radius 3 is 2.59 bits per heavy atom. The molecule has 0 saturated carbocycles. The van der Waals surface area contributed by atoms with Gasteiger partial charge in [0.2, 0.25) is 11.7 Å². The van der Waals surface area contributed by atoms with Crippen molar-refractivity contribution in [2.75, 3.05) is 33.3 Å². The van der Waals surface area contributed by atoms with Gasteiger partial charge in [-0.15, -0.1) is 0 Å². The third kappa shape index (κ3) is 4.04. The molecule has 8 nitrogen and oxygen atoms in total. The molecule has 1 amide bonds. The molecular formula is C24H23N5O3. The van der Waals surface area contributed by atoms with Crippen LogP contribution in [-0.2, 0) is 6.54 Å². The summed E-state index contributed by atoms with van der Waals surface area (Å²) in [6, 6.07) is 17.1. The van der Waals surface area contributed by atoms with Crippen molar-refractivity contribution in [3.8, 4) is 17.1 Å². The highest BCUT2D eigenvalue weighted by Crippen LogP contribution is 2.21. The summed E-state index contributed by atoms with van der Waals surface area (Å²) in [5, 5.41) is 5.07. The minimum absolute atomic E-state index is 0.0218. The van der Waals surface area contributed by atoms with Gasteiger partial charge < -0.3 is 14.2 Å². The Morgan fingerprint density at radius 2 is 1.81 bits per heavy atom. The fourth-order valence-electron chi connectivity index (χ4n) is 3.92. The molecule has 0 unspecified atom stereocenters. The second kappa shape index (κ2) is 8.76. The maximum Gasteiger partial charge on any atom is 0.256 e. The van der Waals surface area contributed by atoms with Crippen molar-refractivity contribution in [3.63, 3.8) is 0 Å². The van der Waals surface area contributed by atoms with Crippen molar-refractivity contribution in [3.05, 3.63) is 72.2 Å². The molecule has 1 fully saturated rings. The molecule has 0 aliphatic carbocycles. The molecule has 8 heteroatoms. The molecule has 2 aromatic heterocycles. The number of fused-ring (bicyclic) bond motifs is 1. The molecule has 0 N–H and O–H groups in total. The van der Waals surface area contributed by atoms with Gasteiger partial charge in [0, 0.05) is 43.3 Å². The first kappa shape index (κ1) is 20.1. The van der Waals surface area contributed by atoms with Crippen LogP contribution >= 0.6 is 0 Å². The molecule has 32 heavy (non-hydrogen) atoms. The standard InChI is InChI=1S/C24H23N5O3/c1-31-19-9-7-18(8-10-19)23-26-21(32-27-23)16-28-12-14-29(15-13-28)24(30)20-6-2-4-17-5-3-11-25-22(17)20/h2-11H,12-16H2,1H3. The largest absolute Gasteiger partial charge is 0.497 e. The van der Waals surface area contributed by atoms with Crippen molar-refractivity contribution < 1.29 is 14.1 Å². The monoisotopic (exact) mass is 429 g/mol. The minimum atomic E-state index is 0.0218. The van der Waals surface area contributed by atoms with E-state index in [2.05, 4.69) is 20.0 Å². The minimum Gasteiger partial charge on any atom is -0.497 e. The van der Waals surface area contributed by atoms with Gasteiger partial charge in [-0.1, -0.05) is 23.4 Å². The van der Waals surface area contributed by atoms with E-state index in [-0.39, 0.29) is 5.91 Å². The number of amides is 1. The van der Waals surface area contributed by atoms with E-state index >= 15 is 0 Å². The second-order valence-electron chi connectivity index (χ2n) is 7.69. The Balaban J connectivity index is 1.21. The highest BCUT2D eigenvalue weighted by Gasteiger charge is 2.24. The van der Waals surface area contributed by atoms with Gasteiger partial charge in [-0.25, -0.2) is 0 Å². The lowest BCUT2D eigenvalue weighted by Gasteiger charge is -2.34. The van der Waals surface area contributed by atoms with Gasteiger partial charge in [0.25, 0.3) is 5.91 Å². The quantitative estimate of drug-likeness (QED) is 0.481. The van der Waals surface area contributed by atoms with Gasteiger partial charge in [-0.05, 0) is 36.4 Å². The van der Waals surface area contributed by atoms with Crippen LogP contribution < -0.4 is 4.74 Å². The van der Waals surface area contributed by atoms with Gasteiger partial charge in [0.1, 0.15) is 5.75 Å². The van der Waals surface area contributed by atoms with Gasteiger partial charge in [-0.2, -0.15) is 4.98 Å². The van der Waals surface area contributed by atoms with Crippen LogP contribution in [0.3, 0.4) is 0 Å². The Kier molecular flexibility index (Phi) is 5.51. The first-order valence-electron chi connectivity index (χ1n) is 10.5. The highest BCUT2D eigenvalue weighted by molar-refractivity contribution is 6.05. The van der Waals surface area contributed by atoms with Crippen LogP contribution in [0.5, 0.6) is 5.75 Å². The molecule has 1 aliphatic rings. The molecule has 3 heterocycles. The predicted molar refractivity (Wildman–Crippen MR) is 119 cm³/mol. The zero-order valence-corrected chi connectivity index (χ0v) is 17.8. The first-order chi connectivity index (χ1) is 15.7. The third-order valence-electron chi connectivity index (χ3n) is 5.70. The normalized spacial score (nSPS) is 14.6. The van der Waals surface area contributed by atoms with E-state index in [4.69, 9.17) is 9.26 Å². The van der Waals surface area contributed by atoms with E-state index in [1.165, 1.54) is 0 Å². The van der Waals surface area contributed by atoms with Crippen LogP contribution in [-0.4, -0.2) is 64.1 Å². The van der Waals surface area contributed by atoms with Crippen molar-refractivity contribution in [1.82, 2.24) is 24.9 Å². The zero-order chi connectivity index (χ0) is 21.9. The number of pyridine rings is 1. The summed E-state index contributed by atoms with van der Waals surface area (Å²) in [5.74, 6) is 1.92. The van der Waals surface area contributed by atoms with E-state index in [0.29, 0.717) is 36.9 Å². The van der Waals surface area contributed by atoms with Crippen molar-refractivity contribution in [1.29, 1.82) is 0 Å².